The molecule has 0 fully saturated rings. The van der Waals surface area contributed by atoms with Gasteiger partial charge in [-0.15, -0.1) is 0 Å². The predicted molar refractivity (Wildman–Crippen MR) is 150 cm³/mol. The molecular weight excluding hydrogens is 516 g/mol. The molecule has 0 aliphatic heterocycles. The van der Waals surface area contributed by atoms with Gasteiger partial charge in [-0.05, 0) is 48.4 Å². The monoisotopic (exact) mass is 548 g/mol. The first-order chi connectivity index (χ1) is 19.2. The maximum Gasteiger partial charge on any atom is 0.323 e. The number of carbonyl (C=O) groups excluding carboxylic acids is 3. The Kier molecular flexibility index (Phi) is 10.5. The topological polar surface area (TPSA) is 185 Å². The van der Waals surface area contributed by atoms with E-state index in [2.05, 4.69) is 26.3 Å². The summed E-state index contributed by atoms with van der Waals surface area (Å²) in [4.78, 5) is 52.0. The summed E-state index contributed by atoms with van der Waals surface area (Å²) < 4.78 is 5.41. The molecule has 210 valence electrons. The number of aromatic nitrogens is 1. The Morgan fingerprint density at radius 1 is 1.02 bits per heavy atom. The summed E-state index contributed by atoms with van der Waals surface area (Å²) in [7, 11) is 1.48. The zero-order chi connectivity index (χ0) is 29.1. The van der Waals surface area contributed by atoms with Crippen molar-refractivity contribution in [1.29, 1.82) is 0 Å². The Hall–Kier alpha value is -4.97. The Balaban J connectivity index is 1.55. The molecule has 2 aromatic carbocycles. The molecule has 0 saturated carbocycles. The van der Waals surface area contributed by atoms with Crippen molar-refractivity contribution in [3.05, 3.63) is 77.6 Å². The highest BCUT2D eigenvalue weighted by atomic mass is 16.5. The van der Waals surface area contributed by atoms with Gasteiger partial charge < -0.3 is 36.8 Å². The number of methoxy groups -OCH3 is 1. The van der Waals surface area contributed by atoms with Gasteiger partial charge in [-0.2, -0.15) is 0 Å². The number of nitrogens with one attached hydrogen (secondary N) is 4. The van der Waals surface area contributed by atoms with Gasteiger partial charge in [0.05, 0.1) is 55.9 Å². The van der Waals surface area contributed by atoms with E-state index in [4.69, 9.17) is 15.6 Å². The van der Waals surface area contributed by atoms with Crippen LogP contribution >= 0.6 is 0 Å². The van der Waals surface area contributed by atoms with Crippen molar-refractivity contribution in [3.63, 3.8) is 0 Å². The summed E-state index contributed by atoms with van der Waals surface area (Å²) in [5, 5.41) is 20.2. The third-order valence-electron chi connectivity index (χ3n) is 5.84. The van der Waals surface area contributed by atoms with Gasteiger partial charge in [-0.25, -0.2) is 4.79 Å². The van der Waals surface area contributed by atoms with Gasteiger partial charge >= 0.3 is 12.0 Å². The van der Waals surface area contributed by atoms with Crippen molar-refractivity contribution >= 4 is 40.8 Å². The first kappa shape index (κ1) is 29.6. The number of aryl methyl sites for hydroxylation is 1. The third kappa shape index (κ3) is 8.81. The molecule has 0 spiro atoms. The molecule has 0 saturated heterocycles. The number of hydrogen-bond acceptors (Lipinski definition) is 8. The number of anilines is 3. The average Bonchev–Trinajstić information content (AvgIpc) is 2.93. The molecule has 3 amide bonds. The Bertz CT molecular complexity index is 1360. The predicted octanol–water partition coefficient (Wildman–Crippen LogP) is 2.86. The molecule has 0 aliphatic carbocycles. The molecule has 1 unspecified atom stereocenters. The van der Waals surface area contributed by atoms with Crippen LogP contribution in [0.1, 0.15) is 29.3 Å². The van der Waals surface area contributed by atoms with E-state index in [1.807, 2.05) is 25.1 Å². The van der Waals surface area contributed by atoms with Gasteiger partial charge in [-0.1, -0.05) is 24.3 Å². The van der Waals surface area contributed by atoms with E-state index in [0.717, 1.165) is 5.56 Å². The second-order valence-corrected chi connectivity index (χ2v) is 8.89. The standard InChI is InChI=1S/C28H32N6O6/c1-17-5-3-4-6-21(17)33-28(39)34-23-9-7-18(12-25(23)40-2)11-20(35)16-30-19-8-10-22(31-15-19)24(13-27(37)38)32-26(36)14-29/h3-10,12,15,24,30H,11,13-14,16,29H2,1-2H3,(H,32,36)(H,37,38)(H2,33,34,39). The number of carboxylic acids is 1. The number of amides is 3. The molecule has 0 radical (unpaired) electrons. The van der Waals surface area contributed by atoms with Crippen molar-refractivity contribution in [2.45, 2.75) is 25.8 Å². The second kappa shape index (κ2) is 14.3. The summed E-state index contributed by atoms with van der Waals surface area (Å²) in [6.07, 6.45) is 1.23. The molecule has 1 atom stereocenters. The number of ether oxygens (including phenoxy) is 1. The first-order valence-electron chi connectivity index (χ1n) is 12.4. The number of Topliss-reactive ketones (excluding diaryl/α,β-unsaturated/α-hetero) is 1. The number of ketones is 1. The zero-order valence-corrected chi connectivity index (χ0v) is 22.2. The van der Waals surface area contributed by atoms with Crippen LogP contribution < -0.4 is 31.7 Å². The van der Waals surface area contributed by atoms with E-state index < -0.39 is 23.9 Å². The minimum absolute atomic E-state index is 0.0185. The van der Waals surface area contributed by atoms with E-state index >= 15 is 0 Å². The molecule has 3 aromatic rings. The summed E-state index contributed by atoms with van der Waals surface area (Å²) in [6, 6.07) is 14.5. The van der Waals surface area contributed by atoms with E-state index in [9.17, 15) is 19.2 Å². The molecule has 0 aliphatic rings. The van der Waals surface area contributed by atoms with Gasteiger partial charge in [0.1, 0.15) is 5.75 Å². The fourth-order valence-corrected chi connectivity index (χ4v) is 3.80. The van der Waals surface area contributed by atoms with Gasteiger partial charge in [0.2, 0.25) is 5.91 Å². The van der Waals surface area contributed by atoms with Gasteiger partial charge in [-0.3, -0.25) is 19.4 Å². The fourth-order valence-electron chi connectivity index (χ4n) is 3.80. The summed E-state index contributed by atoms with van der Waals surface area (Å²) in [5.74, 6) is -1.28. The van der Waals surface area contributed by atoms with Crippen LogP contribution in [0.2, 0.25) is 0 Å². The number of pyridine rings is 1. The molecule has 7 N–H and O–H groups in total. The van der Waals surface area contributed by atoms with Crippen molar-refractivity contribution in [2.75, 3.05) is 36.1 Å². The quantitative estimate of drug-likeness (QED) is 0.187. The number of urea groups is 1. The smallest absolute Gasteiger partial charge is 0.323 e. The number of benzene rings is 2. The van der Waals surface area contributed by atoms with Crippen LogP contribution in [0.3, 0.4) is 0 Å². The molecule has 12 nitrogen and oxygen atoms in total. The van der Waals surface area contributed by atoms with Crippen LogP contribution in [0, 0.1) is 6.92 Å². The minimum atomic E-state index is -1.09. The maximum atomic E-state index is 12.6. The SMILES string of the molecule is COc1cc(CC(=O)CNc2ccc(C(CC(=O)O)NC(=O)CN)nc2)ccc1NC(=O)Nc1ccccc1C. The van der Waals surface area contributed by atoms with Crippen molar-refractivity contribution in [1.82, 2.24) is 10.3 Å². The molecule has 40 heavy (non-hydrogen) atoms. The summed E-state index contributed by atoms with van der Waals surface area (Å²) in [5.41, 5.74) is 8.99. The Labute approximate surface area is 231 Å². The number of carbonyl (C=O) groups is 4. The first-order valence-corrected chi connectivity index (χ1v) is 12.4. The largest absolute Gasteiger partial charge is 0.495 e. The number of nitrogens with zero attached hydrogens (tertiary/aromatic N) is 1. The highest BCUT2D eigenvalue weighted by Gasteiger charge is 2.19. The number of carboxylic acid groups (broad SMARTS) is 1. The number of para-hydroxylation sites is 1. The third-order valence-corrected chi connectivity index (χ3v) is 5.84. The molecule has 12 heteroatoms. The second-order valence-electron chi connectivity index (χ2n) is 8.89. The summed E-state index contributed by atoms with van der Waals surface area (Å²) >= 11 is 0. The molecular formula is C28H32N6O6. The number of aliphatic carboxylic acids is 1. The molecule has 3 rings (SSSR count). The lowest BCUT2D eigenvalue weighted by molar-refractivity contribution is -0.137. The van der Waals surface area contributed by atoms with E-state index in [1.54, 1.807) is 36.4 Å². The van der Waals surface area contributed by atoms with Crippen molar-refractivity contribution in [2.24, 2.45) is 5.73 Å². The van der Waals surface area contributed by atoms with Crippen LogP contribution in [0.15, 0.2) is 60.8 Å². The van der Waals surface area contributed by atoms with E-state index in [0.29, 0.717) is 34.1 Å². The van der Waals surface area contributed by atoms with Crippen molar-refractivity contribution in [3.8, 4) is 5.75 Å². The van der Waals surface area contributed by atoms with E-state index in [-0.39, 0.29) is 31.7 Å². The number of rotatable bonds is 13. The van der Waals surface area contributed by atoms with Crippen LogP contribution in [0.25, 0.3) is 0 Å². The Morgan fingerprint density at radius 3 is 2.42 bits per heavy atom. The average molecular weight is 549 g/mol. The lowest BCUT2D eigenvalue weighted by atomic mass is 10.1. The van der Waals surface area contributed by atoms with Crippen molar-refractivity contribution < 1.29 is 29.0 Å². The minimum Gasteiger partial charge on any atom is -0.495 e. The molecule has 1 heterocycles. The molecule has 0 bridgehead atoms. The fraction of sp³-hybridized carbons (Fsp3) is 0.250. The zero-order valence-electron chi connectivity index (χ0n) is 22.2. The summed E-state index contributed by atoms with van der Waals surface area (Å²) in [6.45, 7) is 1.64. The normalized spacial score (nSPS) is 11.2. The van der Waals surface area contributed by atoms with Crippen LogP contribution in [-0.4, -0.2) is 54.0 Å². The lowest BCUT2D eigenvalue weighted by Crippen LogP contribution is -2.35. The van der Waals surface area contributed by atoms with Crippen LogP contribution in [0.5, 0.6) is 5.75 Å². The Morgan fingerprint density at radius 2 is 1.77 bits per heavy atom. The lowest BCUT2D eigenvalue weighted by Gasteiger charge is -2.16. The van der Waals surface area contributed by atoms with E-state index in [1.165, 1.54) is 13.3 Å². The number of hydrogen-bond donors (Lipinski definition) is 6. The van der Waals surface area contributed by atoms with Crippen LogP contribution in [-0.2, 0) is 20.8 Å². The van der Waals surface area contributed by atoms with Gasteiger partial charge in [0.15, 0.2) is 5.78 Å². The number of nitrogens with two attached hydrogens (primary N) is 1. The molecule has 1 aromatic heterocycles. The van der Waals surface area contributed by atoms with Gasteiger partial charge in [0.25, 0.3) is 0 Å². The van der Waals surface area contributed by atoms with Gasteiger partial charge in [0, 0.05) is 12.1 Å². The highest BCUT2D eigenvalue weighted by Crippen LogP contribution is 2.26. The maximum absolute atomic E-state index is 12.6. The van der Waals surface area contributed by atoms with Crippen LogP contribution in [0.4, 0.5) is 21.9 Å². The highest BCUT2D eigenvalue weighted by molar-refractivity contribution is 6.01.